The summed E-state index contributed by atoms with van der Waals surface area (Å²) in [6.07, 6.45) is 3.51. The van der Waals surface area contributed by atoms with Crippen LogP contribution in [0, 0.1) is 13.0 Å². The molecule has 6 nitrogen and oxygen atoms in total. The summed E-state index contributed by atoms with van der Waals surface area (Å²) >= 11 is 5.84. The molecule has 2 aliphatic rings. The lowest BCUT2D eigenvalue weighted by Crippen LogP contribution is -2.38. The number of allylic oxidation sites excluding steroid dienone is 1. The Morgan fingerprint density at radius 2 is 1.76 bits per heavy atom. The summed E-state index contributed by atoms with van der Waals surface area (Å²) < 4.78 is 36.0. The van der Waals surface area contributed by atoms with Gasteiger partial charge in [-0.25, -0.2) is 9.38 Å². The molecule has 0 radical (unpaired) electrons. The molecular formula is C36H27FI2N2O4S. The molecule has 1 aromatic heterocycles. The van der Waals surface area contributed by atoms with Gasteiger partial charge in [-0.3, -0.25) is 9.36 Å². The van der Waals surface area contributed by atoms with Gasteiger partial charge in [0.15, 0.2) is 16.3 Å². The number of hydrogen-bond donors (Lipinski definition) is 0. The molecule has 0 saturated carbocycles. The molecule has 0 spiro atoms. The van der Waals surface area contributed by atoms with Crippen molar-refractivity contribution in [1.82, 2.24) is 4.57 Å². The highest BCUT2D eigenvalue weighted by molar-refractivity contribution is 14.1. The number of rotatable bonds is 7. The first-order valence-corrected chi connectivity index (χ1v) is 17.5. The predicted octanol–water partition coefficient (Wildman–Crippen LogP) is 7.26. The Morgan fingerprint density at radius 1 is 0.978 bits per heavy atom. The van der Waals surface area contributed by atoms with E-state index in [0.29, 0.717) is 32.1 Å². The normalized spacial score (nSPS) is 15.5. The summed E-state index contributed by atoms with van der Waals surface area (Å²) in [5.41, 5.74) is 6.36. The Kier molecular flexibility index (Phi) is 8.77. The maximum absolute atomic E-state index is 14.4. The SMILES string of the molecule is COc1ccc([C@H]2C3=C(N=c4s/c(=C/c5cc(I)cc(I)c5OCc5ccccc5F)c(=O)n42)c2ccccc2CC3)cc1OC. The number of aromatic nitrogens is 1. The number of fused-ring (bicyclic) bond motifs is 3. The number of benzene rings is 4. The average Bonchev–Trinajstić information content (AvgIpc) is 3.37. The Labute approximate surface area is 296 Å². The number of methoxy groups -OCH3 is 2. The summed E-state index contributed by atoms with van der Waals surface area (Å²) in [6.45, 7) is 0.0663. The summed E-state index contributed by atoms with van der Waals surface area (Å²) in [6, 6.07) is 24.4. The van der Waals surface area contributed by atoms with Crippen LogP contribution in [-0.2, 0) is 13.0 Å². The van der Waals surface area contributed by atoms with E-state index in [0.717, 1.165) is 47.9 Å². The summed E-state index contributed by atoms with van der Waals surface area (Å²) in [4.78, 5) is 20.2. The van der Waals surface area contributed by atoms with Crippen LogP contribution in [0.3, 0.4) is 0 Å². The van der Waals surface area contributed by atoms with E-state index in [1.54, 1.807) is 32.4 Å². The van der Waals surface area contributed by atoms with Crippen molar-refractivity contribution in [3.05, 3.63) is 145 Å². The third kappa shape index (κ3) is 5.68. The molecule has 0 amide bonds. The number of nitrogens with zero attached hydrogens (tertiary/aromatic N) is 2. The van der Waals surface area contributed by atoms with Crippen LogP contribution in [0.15, 0.2) is 94.2 Å². The first kappa shape index (κ1) is 31.1. The van der Waals surface area contributed by atoms with Gasteiger partial charge in [-0.2, -0.15) is 0 Å². The average molecular weight is 856 g/mol. The molecule has 0 saturated heterocycles. The van der Waals surface area contributed by atoms with E-state index in [1.165, 1.54) is 23.0 Å². The molecule has 7 rings (SSSR count). The number of halogens is 3. The highest BCUT2D eigenvalue weighted by Crippen LogP contribution is 2.43. The smallest absolute Gasteiger partial charge is 0.271 e. The van der Waals surface area contributed by atoms with E-state index in [2.05, 4.69) is 63.4 Å². The fourth-order valence-electron chi connectivity index (χ4n) is 6.09. The van der Waals surface area contributed by atoms with Gasteiger partial charge in [-0.05, 0) is 111 Å². The maximum atomic E-state index is 14.4. The third-order valence-corrected chi connectivity index (χ3v) is 10.7. The molecule has 5 aromatic rings. The van der Waals surface area contributed by atoms with Crippen molar-refractivity contribution < 1.29 is 18.6 Å². The lowest BCUT2D eigenvalue weighted by molar-refractivity contribution is 0.297. The van der Waals surface area contributed by atoms with Gasteiger partial charge >= 0.3 is 0 Å². The zero-order valence-corrected chi connectivity index (χ0v) is 30.0. The van der Waals surface area contributed by atoms with Crippen LogP contribution in [0.2, 0.25) is 0 Å². The standard InChI is InChI=1S/C36H27FI2N2O4S/c1-43-29-14-12-21(16-30(29)44-2)33-26-13-11-20-7-3-5-9-25(20)32(26)40-36-41(33)35(42)31(46-36)17-23-15-24(38)18-28(39)34(23)45-19-22-8-4-6-10-27(22)37/h3-10,12,14-18,33H,11,13,19H2,1-2H3/b31-17+/t33-/m0/s1. The monoisotopic (exact) mass is 856 g/mol. The zero-order valence-electron chi connectivity index (χ0n) is 24.9. The molecular weight excluding hydrogens is 829 g/mol. The van der Waals surface area contributed by atoms with Crippen molar-refractivity contribution in [2.45, 2.75) is 25.5 Å². The van der Waals surface area contributed by atoms with Crippen LogP contribution in [0.1, 0.15) is 40.3 Å². The highest BCUT2D eigenvalue weighted by Gasteiger charge is 2.33. The molecule has 46 heavy (non-hydrogen) atoms. The number of ether oxygens (including phenoxy) is 3. The molecule has 0 unspecified atom stereocenters. The lowest BCUT2D eigenvalue weighted by Gasteiger charge is -2.31. The molecule has 2 heterocycles. The van der Waals surface area contributed by atoms with Crippen molar-refractivity contribution in [3.8, 4) is 17.2 Å². The number of hydrogen-bond acceptors (Lipinski definition) is 6. The van der Waals surface area contributed by atoms with Crippen molar-refractivity contribution in [2.24, 2.45) is 4.99 Å². The molecule has 4 aromatic carbocycles. The van der Waals surface area contributed by atoms with E-state index in [4.69, 9.17) is 19.2 Å². The van der Waals surface area contributed by atoms with Crippen LogP contribution in [0.5, 0.6) is 17.2 Å². The summed E-state index contributed by atoms with van der Waals surface area (Å²) in [5, 5.41) is 0. The van der Waals surface area contributed by atoms with Crippen molar-refractivity contribution in [2.75, 3.05) is 14.2 Å². The fraction of sp³-hybridized carbons (Fsp3) is 0.167. The van der Waals surface area contributed by atoms with Crippen LogP contribution in [0.25, 0.3) is 11.8 Å². The highest BCUT2D eigenvalue weighted by atomic mass is 127. The Hall–Kier alpha value is -3.49. The minimum absolute atomic E-state index is 0.0663. The van der Waals surface area contributed by atoms with Crippen LogP contribution < -0.4 is 29.1 Å². The van der Waals surface area contributed by atoms with E-state index in [-0.39, 0.29) is 24.0 Å². The van der Waals surface area contributed by atoms with Gasteiger partial charge in [0.25, 0.3) is 5.56 Å². The molecule has 232 valence electrons. The number of thiazole rings is 1. The molecule has 0 bridgehead atoms. The van der Waals surface area contributed by atoms with E-state index >= 15 is 0 Å². The van der Waals surface area contributed by atoms with E-state index in [9.17, 15) is 9.18 Å². The maximum Gasteiger partial charge on any atom is 0.271 e. The first-order valence-electron chi connectivity index (χ1n) is 14.6. The summed E-state index contributed by atoms with van der Waals surface area (Å²) in [7, 11) is 3.22. The Morgan fingerprint density at radius 3 is 2.57 bits per heavy atom. The zero-order chi connectivity index (χ0) is 31.9. The van der Waals surface area contributed by atoms with E-state index in [1.807, 2.05) is 47.0 Å². The van der Waals surface area contributed by atoms with Gasteiger partial charge in [0, 0.05) is 20.3 Å². The lowest BCUT2D eigenvalue weighted by atomic mass is 9.83. The number of aryl methyl sites for hydroxylation is 1. The molecule has 1 aliphatic carbocycles. The van der Waals surface area contributed by atoms with Gasteiger partial charge in [0.1, 0.15) is 18.2 Å². The van der Waals surface area contributed by atoms with Crippen LogP contribution >= 0.6 is 56.5 Å². The van der Waals surface area contributed by atoms with E-state index < -0.39 is 0 Å². The van der Waals surface area contributed by atoms with Crippen LogP contribution in [0.4, 0.5) is 4.39 Å². The van der Waals surface area contributed by atoms with Gasteiger partial charge < -0.3 is 14.2 Å². The summed E-state index contributed by atoms with van der Waals surface area (Å²) in [5.74, 6) is 1.50. The van der Waals surface area contributed by atoms with Gasteiger partial charge in [-0.1, -0.05) is 59.9 Å². The third-order valence-electron chi connectivity index (χ3n) is 8.25. The van der Waals surface area contributed by atoms with Gasteiger partial charge in [-0.15, -0.1) is 0 Å². The van der Waals surface area contributed by atoms with Gasteiger partial charge in [0.05, 0.1) is 34.1 Å². The second-order valence-electron chi connectivity index (χ2n) is 10.9. The molecule has 0 N–H and O–H groups in total. The van der Waals surface area contributed by atoms with Crippen molar-refractivity contribution in [1.29, 1.82) is 0 Å². The van der Waals surface area contributed by atoms with Gasteiger partial charge in [0.2, 0.25) is 0 Å². The molecule has 1 aliphatic heterocycles. The topological polar surface area (TPSA) is 62.0 Å². The Balaban J connectivity index is 1.41. The second kappa shape index (κ2) is 13.0. The largest absolute Gasteiger partial charge is 0.493 e. The second-order valence-corrected chi connectivity index (χ2v) is 14.3. The molecule has 1 atom stereocenters. The quantitative estimate of drug-likeness (QED) is 0.162. The predicted molar refractivity (Wildman–Crippen MR) is 195 cm³/mol. The van der Waals surface area contributed by atoms with Crippen LogP contribution in [-0.4, -0.2) is 18.8 Å². The fourth-order valence-corrected chi connectivity index (χ4v) is 9.13. The molecule has 0 fully saturated rings. The minimum Gasteiger partial charge on any atom is -0.493 e. The Bertz CT molecular complexity index is 2230. The van der Waals surface area contributed by atoms with Crippen molar-refractivity contribution in [3.63, 3.8) is 0 Å². The minimum atomic E-state index is -0.366. The molecule has 10 heteroatoms. The first-order chi connectivity index (χ1) is 22.4. The van der Waals surface area contributed by atoms with Crippen molar-refractivity contribution >= 4 is 68.3 Å².